The van der Waals surface area contributed by atoms with E-state index in [1.165, 1.54) is 18.6 Å². The van der Waals surface area contributed by atoms with Gasteiger partial charge in [-0.15, -0.1) is 0 Å². The van der Waals surface area contributed by atoms with Crippen LogP contribution >= 0.6 is 0 Å². The fourth-order valence-corrected chi connectivity index (χ4v) is 2.59. The Morgan fingerprint density at radius 3 is 2.24 bits per heavy atom. The lowest BCUT2D eigenvalue weighted by atomic mass is 9.95. The van der Waals surface area contributed by atoms with Crippen molar-refractivity contribution in [3.05, 3.63) is 29.8 Å². The van der Waals surface area contributed by atoms with Crippen molar-refractivity contribution in [2.75, 3.05) is 12.4 Å². The molecule has 1 saturated carbocycles. The lowest BCUT2D eigenvalue weighted by Gasteiger charge is -2.31. The third-order valence-electron chi connectivity index (χ3n) is 3.91. The van der Waals surface area contributed by atoms with Gasteiger partial charge >= 0.3 is 12.2 Å². The second-order valence-corrected chi connectivity index (χ2v) is 5.41. The first-order valence-corrected chi connectivity index (χ1v) is 7.09. The maximum absolute atomic E-state index is 12.5. The summed E-state index contributed by atoms with van der Waals surface area (Å²) in [5.41, 5.74) is -0.350. The lowest BCUT2D eigenvalue weighted by molar-refractivity contribution is -0.137. The maximum Gasteiger partial charge on any atom is 0.416 e. The molecule has 1 aromatic rings. The minimum absolute atomic E-state index is 0.216. The van der Waals surface area contributed by atoms with Gasteiger partial charge in [0.05, 0.1) is 5.56 Å². The van der Waals surface area contributed by atoms with Gasteiger partial charge in [0.1, 0.15) is 0 Å². The summed E-state index contributed by atoms with van der Waals surface area (Å²) in [6.45, 7) is 0. The number of anilines is 1. The quantitative estimate of drug-likeness (QED) is 0.856. The minimum Gasteiger partial charge on any atom is -0.325 e. The monoisotopic (exact) mass is 300 g/mol. The van der Waals surface area contributed by atoms with Crippen LogP contribution in [0.3, 0.4) is 0 Å². The van der Waals surface area contributed by atoms with Crippen molar-refractivity contribution in [3.8, 4) is 0 Å². The van der Waals surface area contributed by atoms with E-state index in [9.17, 15) is 18.0 Å². The van der Waals surface area contributed by atoms with E-state index in [4.69, 9.17) is 0 Å². The van der Waals surface area contributed by atoms with E-state index < -0.39 is 11.7 Å². The summed E-state index contributed by atoms with van der Waals surface area (Å²) in [4.78, 5) is 13.7. The highest BCUT2D eigenvalue weighted by atomic mass is 19.4. The van der Waals surface area contributed by atoms with Gasteiger partial charge in [0.15, 0.2) is 0 Å². The number of hydrogen-bond acceptors (Lipinski definition) is 1. The molecule has 2 amide bonds. The summed E-state index contributed by atoms with van der Waals surface area (Å²) >= 11 is 0. The molecular formula is C15H19F3N2O. The molecule has 0 atom stereocenters. The van der Waals surface area contributed by atoms with E-state index in [2.05, 4.69) is 5.32 Å². The van der Waals surface area contributed by atoms with E-state index in [1.54, 1.807) is 11.9 Å². The Morgan fingerprint density at radius 1 is 1.14 bits per heavy atom. The first kappa shape index (κ1) is 15.7. The average Bonchev–Trinajstić information content (AvgIpc) is 2.47. The summed E-state index contributed by atoms with van der Waals surface area (Å²) < 4.78 is 37.4. The number of rotatable bonds is 2. The fourth-order valence-electron chi connectivity index (χ4n) is 2.59. The van der Waals surface area contributed by atoms with E-state index in [-0.39, 0.29) is 12.1 Å². The number of nitrogens with zero attached hydrogens (tertiary/aromatic N) is 1. The van der Waals surface area contributed by atoms with Crippen LogP contribution in [0.4, 0.5) is 23.7 Å². The molecule has 0 unspecified atom stereocenters. The summed E-state index contributed by atoms with van der Waals surface area (Å²) in [6, 6.07) is 4.42. The second kappa shape index (κ2) is 6.37. The number of alkyl halides is 3. The Morgan fingerprint density at radius 2 is 1.71 bits per heavy atom. The van der Waals surface area contributed by atoms with Gasteiger partial charge in [-0.2, -0.15) is 13.2 Å². The molecule has 21 heavy (non-hydrogen) atoms. The lowest BCUT2D eigenvalue weighted by Crippen LogP contribution is -2.40. The fraction of sp³-hybridized carbons (Fsp3) is 0.533. The first-order chi connectivity index (χ1) is 9.88. The van der Waals surface area contributed by atoms with Crippen LogP contribution in [-0.2, 0) is 6.18 Å². The number of carbonyl (C=O) groups excluding carboxylic acids is 1. The highest BCUT2D eigenvalue weighted by Gasteiger charge is 2.30. The zero-order valence-corrected chi connectivity index (χ0v) is 11.9. The van der Waals surface area contributed by atoms with Gasteiger partial charge in [-0.3, -0.25) is 0 Å². The van der Waals surface area contributed by atoms with Crippen LogP contribution < -0.4 is 5.32 Å². The number of nitrogens with one attached hydrogen (secondary N) is 1. The van der Waals surface area contributed by atoms with Gasteiger partial charge in [0, 0.05) is 18.8 Å². The Hall–Kier alpha value is -1.72. The topological polar surface area (TPSA) is 32.3 Å². The molecule has 0 radical (unpaired) electrons. The Bertz CT molecular complexity index is 479. The zero-order valence-electron chi connectivity index (χ0n) is 11.9. The smallest absolute Gasteiger partial charge is 0.325 e. The van der Waals surface area contributed by atoms with Crippen molar-refractivity contribution in [1.82, 2.24) is 4.90 Å². The molecule has 2 rings (SSSR count). The number of halogens is 3. The van der Waals surface area contributed by atoms with Gasteiger partial charge in [-0.25, -0.2) is 4.79 Å². The molecule has 116 valence electrons. The molecule has 6 heteroatoms. The van der Waals surface area contributed by atoms with Gasteiger partial charge in [0.25, 0.3) is 0 Å². The molecule has 1 aliphatic rings. The average molecular weight is 300 g/mol. The van der Waals surface area contributed by atoms with Crippen LogP contribution in [0.25, 0.3) is 0 Å². The summed E-state index contributed by atoms with van der Waals surface area (Å²) in [5, 5.41) is 2.64. The summed E-state index contributed by atoms with van der Waals surface area (Å²) in [5.74, 6) is 0. The molecule has 1 N–H and O–H groups in total. The zero-order chi connectivity index (χ0) is 15.5. The van der Waals surface area contributed by atoms with Gasteiger partial charge < -0.3 is 10.2 Å². The van der Waals surface area contributed by atoms with Gasteiger partial charge in [-0.1, -0.05) is 19.3 Å². The molecule has 0 heterocycles. The maximum atomic E-state index is 12.5. The molecule has 3 nitrogen and oxygen atoms in total. The van der Waals surface area contributed by atoms with Crippen LogP contribution in [0.5, 0.6) is 0 Å². The van der Waals surface area contributed by atoms with E-state index >= 15 is 0 Å². The number of amides is 2. The van der Waals surface area contributed by atoms with Crippen LogP contribution in [0.1, 0.15) is 37.7 Å². The van der Waals surface area contributed by atoms with Crippen molar-refractivity contribution >= 4 is 11.7 Å². The molecule has 0 aromatic heterocycles. The van der Waals surface area contributed by atoms with E-state index in [0.717, 1.165) is 37.8 Å². The molecule has 0 aliphatic heterocycles. The van der Waals surface area contributed by atoms with E-state index in [1.807, 2.05) is 0 Å². The Balaban J connectivity index is 1.95. The number of benzene rings is 1. The molecule has 0 bridgehead atoms. The Kier molecular flexibility index (Phi) is 4.75. The molecule has 1 aliphatic carbocycles. The van der Waals surface area contributed by atoms with Gasteiger partial charge in [0.2, 0.25) is 0 Å². The molecule has 0 saturated heterocycles. The minimum atomic E-state index is -4.36. The van der Waals surface area contributed by atoms with Crippen molar-refractivity contribution < 1.29 is 18.0 Å². The molecular weight excluding hydrogens is 281 g/mol. The summed E-state index contributed by atoms with van der Waals surface area (Å²) in [7, 11) is 1.73. The highest BCUT2D eigenvalue weighted by molar-refractivity contribution is 5.89. The predicted molar refractivity (Wildman–Crippen MR) is 75.1 cm³/mol. The largest absolute Gasteiger partial charge is 0.416 e. The van der Waals surface area contributed by atoms with Crippen molar-refractivity contribution in [3.63, 3.8) is 0 Å². The van der Waals surface area contributed by atoms with Crippen LogP contribution in [-0.4, -0.2) is 24.0 Å². The third-order valence-corrected chi connectivity index (χ3v) is 3.91. The van der Waals surface area contributed by atoms with Crippen LogP contribution in [0, 0.1) is 0 Å². The normalized spacial score (nSPS) is 16.6. The highest BCUT2D eigenvalue weighted by Crippen LogP contribution is 2.30. The standard InChI is InChI=1S/C15H19F3N2O/c1-20(13-5-3-2-4-6-13)14(21)19-12-9-7-11(8-10-12)15(16,17)18/h7-10,13H,2-6H2,1H3,(H,19,21). The first-order valence-electron chi connectivity index (χ1n) is 7.09. The Labute approximate surface area is 122 Å². The summed E-state index contributed by atoms with van der Waals surface area (Å²) in [6.07, 6.45) is 1.03. The van der Waals surface area contributed by atoms with Crippen LogP contribution in [0.15, 0.2) is 24.3 Å². The van der Waals surface area contributed by atoms with E-state index in [0.29, 0.717) is 5.69 Å². The predicted octanol–water partition coefficient (Wildman–Crippen LogP) is 4.50. The molecule has 0 spiro atoms. The van der Waals surface area contributed by atoms with Gasteiger partial charge in [-0.05, 0) is 37.1 Å². The van der Waals surface area contributed by atoms with Crippen molar-refractivity contribution in [2.24, 2.45) is 0 Å². The second-order valence-electron chi connectivity index (χ2n) is 5.41. The SMILES string of the molecule is CN(C(=O)Nc1ccc(C(F)(F)F)cc1)C1CCCCC1. The molecule has 1 fully saturated rings. The number of hydrogen-bond donors (Lipinski definition) is 1. The number of carbonyl (C=O) groups is 1. The number of urea groups is 1. The van der Waals surface area contributed by atoms with Crippen molar-refractivity contribution in [2.45, 2.75) is 44.3 Å². The third kappa shape index (κ3) is 4.12. The van der Waals surface area contributed by atoms with Crippen molar-refractivity contribution in [1.29, 1.82) is 0 Å². The molecule has 1 aromatic carbocycles. The van der Waals surface area contributed by atoms with Crippen LogP contribution in [0.2, 0.25) is 0 Å².